The van der Waals surface area contributed by atoms with Crippen LogP contribution >= 0.6 is 11.6 Å². The van der Waals surface area contributed by atoms with Crippen LogP contribution in [-0.4, -0.2) is 26.0 Å². The monoisotopic (exact) mass is 663 g/mol. The summed E-state index contributed by atoms with van der Waals surface area (Å²) in [5, 5.41) is 6.38. The van der Waals surface area contributed by atoms with Crippen molar-refractivity contribution in [3.63, 3.8) is 0 Å². The molecule has 248 valence electrons. The van der Waals surface area contributed by atoms with E-state index < -0.39 is 0 Å². The van der Waals surface area contributed by atoms with Gasteiger partial charge in [0.25, 0.3) is 11.8 Å². The Labute approximate surface area is 287 Å². The van der Waals surface area contributed by atoms with Crippen LogP contribution < -0.4 is 25.8 Å². The number of ether oxygens (including phenoxy) is 2. The molecule has 0 saturated heterocycles. The van der Waals surface area contributed by atoms with Crippen LogP contribution in [-0.2, 0) is 9.59 Å². The smallest absolute Gasteiger partial charge is 0.256 e. The molecular weight excluding hydrogens is 622 g/mol. The molecule has 7 nitrogen and oxygen atoms in total. The first kappa shape index (κ1) is 34.3. The highest BCUT2D eigenvalue weighted by Gasteiger charge is 2.26. The summed E-state index contributed by atoms with van der Waals surface area (Å²) in [6.07, 6.45) is 3.83. The van der Waals surface area contributed by atoms with Crippen LogP contribution in [0.3, 0.4) is 0 Å². The summed E-state index contributed by atoms with van der Waals surface area (Å²) in [5.41, 5.74) is 17.5. The van der Waals surface area contributed by atoms with E-state index >= 15 is 0 Å². The fourth-order valence-electron chi connectivity index (χ4n) is 6.25. The fraction of sp³-hybridized carbons (Fsp3) is 0.250. The topological polar surface area (TPSA) is 103 Å². The molecule has 8 heteroatoms. The Bertz CT molecular complexity index is 1940. The highest BCUT2D eigenvalue weighted by molar-refractivity contribution is 6.37. The Kier molecular flexibility index (Phi) is 10.0. The maximum absolute atomic E-state index is 12.5. The van der Waals surface area contributed by atoms with Crippen molar-refractivity contribution in [2.24, 2.45) is 0 Å². The van der Waals surface area contributed by atoms with Crippen molar-refractivity contribution >= 4 is 63.8 Å². The molecule has 0 unspecified atom stereocenters. The zero-order valence-corrected chi connectivity index (χ0v) is 29.4. The molecule has 6 rings (SSSR count). The summed E-state index contributed by atoms with van der Waals surface area (Å²) in [4.78, 5) is 24.7. The van der Waals surface area contributed by atoms with Crippen molar-refractivity contribution in [1.29, 1.82) is 0 Å². The molecule has 0 aliphatic carbocycles. The van der Waals surface area contributed by atoms with Gasteiger partial charge in [-0.2, -0.15) is 0 Å². The molecule has 0 spiro atoms. The average molecular weight is 664 g/mol. The minimum Gasteiger partial charge on any atom is -0.496 e. The molecule has 0 saturated carbocycles. The second-order valence-corrected chi connectivity index (χ2v) is 13.2. The molecular formula is C40H42ClN3O4. The van der Waals surface area contributed by atoms with Crippen LogP contribution in [0.25, 0.3) is 23.3 Å². The number of hydrogen-bond donors (Lipinski definition) is 3. The van der Waals surface area contributed by atoms with Gasteiger partial charge >= 0.3 is 0 Å². The van der Waals surface area contributed by atoms with Gasteiger partial charge in [-0.05, 0) is 132 Å². The summed E-state index contributed by atoms with van der Waals surface area (Å²) >= 11 is 6.05. The lowest BCUT2D eigenvalue weighted by Gasteiger charge is -2.19. The Morgan fingerprint density at radius 1 is 0.667 bits per heavy atom. The second-order valence-electron chi connectivity index (χ2n) is 12.7. The molecule has 0 aromatic heterocycles. The first-order valence-electron chi connectivity index (χ1n) is 15.9. The number of amides is 2. The Hall–Kier alpha value is -5.01. The molecule has 0 fully saturated rings. The van der Waals surface area contributed by atoms with E-state index in [1.807, 2.05) is 62.4 Å². The summed E-state index contributed by atoms with van der Waals surface area (Å²) in [5.74, 6) is 2.25. The largest absolute Gasteiger partial charge is 0.496 e. The van der Waals surface area contributed by atoms with Gasteiger partial charge in [-0.25, -0.2) is 0 Å². The third-order valence-electron chi connectivity index (χ3n) is 8.52. The van der Waals surface area contributed by atoms with Crippen molar-refractivity contribution in [2.75, 3.05) is 30.6 Å². The number of methoxy groups -OCH3 is 2. The van der Waals surface area contributed by atoms with E-state index in [-0.39, 0.29) is 11.8 Å². The Morgan fingerprint density at radius 2 is 1.12 bits per heavy atom. The van der Waals surface area contributed by atoms with Crippen LogP contribution in [0.5, 0.6) is 11.5 Å². The van der Waals surface area contributed by atoms with Crippen molar-refractivity contribution in [3.05, 3.63) is 110 Å². The predicted octanol–water partition coefficient (Wildman–Crippen LogP) is 9.48. The van der Waals surface area contributed by atoms with E-state index in [2.05, 4.69) is 50.5 Å². The predicted molar refractivity (Wildman–Crippen MR) is 199 cm³/mol. The number of carbonyl (C=O) groups excluding carboxylic acids is 2. The SMILES string of the molecule is COc1c(C(C)C)cc(C=C2C(=O)Nc3ccc(N)cc32)cc1C(C)C.COc1c(C)cc(C=C2C(=O)Nc3ccc(Cl)cc32)cc1C. The number of nitrogen functional groups attached to an aromatic ring is 1. The van der Waals surface area contributed by atoms with Crippen molar-refractivity contribution in [1.82, 2.24) is 0 Å². The summed E-state index contributed by atoms with van der Waals surface area (Å²) in [6, 6.07) is 19.1. The molecule has 48 heavy (non-hydrogen) atoms. The maximum Gasteiger partial charge on any atom is 0.256 e. The fourth-order valence-corrected chi connectivity index (χ4v) is 6.42. The van der Waals surface area contributed by atoms with Gasteiger partial charge in [0.1, 0.15) is 11.5 Å². The minimum absolute atomic E-state index is 0.0985. The summed E-state index contributed by atoms with van der Waals surface area (Å²) < 4.78 is 11.1. The minimum atomic E-state index is -0.108. The van der Waals surface area contributed by atoms with Crippen LogP contribution in [0.4, 0.5) is 17.1 Å². The van der Waals surface area contributed by atoms with Gasteiger partial charge in [-0.1, -0.05) is 39.3 Å². The molecule has 0 atom stereocenters. The van der Waals surface area contributed by atoms with E-state index in [1.54, 1.807) is 26.4 Å². The molecule has 4 aromatic rings. The lowest BCUT2D eigenvalue weighted by Crippen LogP contribution is -2.04. The second kappa shape index (κ2) is 14.0. The molecule has 4 aromatic carbocycles. The van der Waals surface area contributed by atoms with E-state index in [0.29, 0.717) is 33.7 Å². The third-order valence-corrected chi connectivity index (χ3v) is 8.75. The van der Waals surface area contributed by atoms with Gasteiger partial charge in [-0.15, -0.1) is 0 Å². The quantitative estimate of drug-likeness (QED) is 0.141. The molecule has 2 aliphatic rings. The molecule has 2 amide bonds. The number of fused-ring (bicyclic) bond motifs is 2. The molecule has 0 bridgehead atoms. The third kappa shape index (κ3) is 6.97. The van der Waals surface area contributed by atoms with Gasteiger partial charge in [-0.3, -0.25) is 9.59 Å². The molecule has 2 aliphatic heterocycles. The lowest BCUT2D eigenvalue weighted by atomic mass is 9.90. The van der Waals surface area contributed by atoms with Gasteiger partial charge in [0.15, 0.2) is 0 Å². The van der Waals surface area contributed by atoms with Gasteiger partial charge in [0.2, 0.25) is 0 Å². The number of anilines is 3. The van der Waals surface area contributed by atoms with Crippen LogP contribution in [0.1, 0.15) is 84.0 Å². The number of rotatable bonds is 6. The van der Waals surface area contributed by atoms with Crippen molar-refractivity contribution < 1.29 is 19.1 Å². The van der Waals surface area contributed by atoms with Crippen molar-refractivity contribution in [2.45, 2.75) is 53.4 Å². The standard InChI is InChI=1S/C22H26N2O2.C18H16ClNO2/c1-12(2)16-8-14(9-17(13(3)4)21(16)26-5)10-19-18-11-15(23)6-7-20(18)24-22(19)25;1-10-6-12(7-11(2)17(10)22-3)8-15-14-9-13(19)4-5-16(14)20-18(15)21/h6-13H,23H2,1-5H3,(H,24,25);4-9H,1-3H3,(H,20,21). The highest BCUT2D eigenvalue weighted by atomic mass is 35.5. The molecule has 0 radical (unpaired) electrons. The first-order chi connectivity index (χ1) is 22.8. The average Bonchev–Trinajstić information content (AvgIpc) is 3.50. The molecule has 4 N–H and O–H groups in total. The summed E-state index contributed by atoms with van der Waals surface area (Å²) in [6.45, 7) is 12.6. The number of benzene rings is 4. The normalized spacial score (nSPS) is 14.9. The van der Waals surface area contributed by atoms with E-state index in [4.69, 9.17) is 26.8 Å². The van der Waals surface area contributed by atoms with Crippen LogP contribution in [0.2, 0.25) is 5.02 Å². The number of carbonyl (C=O) groups is 2. The van der Waals surface area contributed by atoms with E-state index in [1.165, 1.54) is 0 Å². The van der Waals surface area contributed by atoms with Crippen molar-refractivity contribution in [3.8, 4) is 11.5 Å². The number of aryl methyl sites for hydroxylation is 2. The van der Waals surface area contributed by atoms with Crippen LogP contribution in [0, 0.1) is 13.8 Å². The van der Waals surface area contributed by atoms with E-state index in [9.17, 15) is 9.59 Å². The maximum atomic E-state index is 12.5. The number of halogens is 1. The Morgan fingerprint density at radius 3 is 1.60 bits per heavy atom. The Balaban J connectivity index is 0.000000190. The number of nitrogens with two attached hydrogens (primary N) is 1. The highest BCUT2D eigenvalue weighted by Crippen LogP contribution is 2.39. The lowest BCUT2D eigenvalue weighted by molar-refractivity contribution is -0.111. The number of hydrogen-bond acceptors (Lipinski definition) is 5. The van der Waals surface area contributed by atoms with E-state index in [0.717, 1.165) is 67.4 Å². The molecule has 2 heterocycles. The summed E-state index contributed by atoms with van der Waals surface area (Å²) in [7, 11) is 3.38. The van der Waals surface area contributed by atoms with Gasteiger partial charge in [0.05, 0.1) is 14.2 Å². The van der Waals surface area contributed by atoms with Gasteiger partial charge < -0.3 is 25.8 Å². The van der Waals surface area contributed by atoms with Gasteiger partial charge in [0, 0.05) is 44.4 Å². The number of nitrogens with one attached hydrogen (secondary N) is 2. The first-order valence-corrected chi connectivity index (χ1v) is 16.3. The zero-order valence-electron chi connectivity index (χ0n) is 28.7. The zero-order chi connectivity index (χ0) is 34.9. The van der Waals surface area contributed by atoms with Crippen LogP contribution in [0.15, 0.2) is 60.7 Å².